The van der Waals surface area contributed by atoms with E-state index in [0.29, 0.717) is 43.6 Å². The molecule has 0 unspecified atom stereocenters. The van der Waals surface area contributed by atoms with Crippen LogP contribution in [0.2, 0.25) is 5.02 Å². The van der Waals surface area contributed by atoms with Gasteiger partial charge in [0.05, 0.1) is 18.6 Å². The highest BCUT2D eigenvalue weighted by molar-refractivity contribution is 9.10. The molecule has 0 bridgehead atoms. The van der Waals surface area contributed by atoms with Gasteiger partial charge < -0.3 is 18.9 Å². The van der Waals surface area contributed by atoms with Crippen molar-refractivity contribution in [1.82, 2.24) is 4.90 Å². The second-order valence-electron chi connectivity index (χ2n) is 6.58. The highest BCUT2D eigenvalue weighted by Gasteiger charge is 2.36. The molecule has 2 aromatic rings. The third kappa shape index (κ3) is 4.39. The lowest BCUT2D eigenvalue weighted by Crippen LogP contribution is -2.27. The summed E-state index contributed by atoms with van der Waals surface area (Å²) < 4.78 is 22.4. The molecule has 0 spiro atoms. The Bertz CT molecular complexity index is 1190. The summed E-state index contributed by atoms with van der Waals surface area (Å²) in [6.45, 7) is 0.113. The largest absolute Gasteiger partial charge is 0.493 e. The van der Waals surface area contributed by atoms with Crippen LogP contribution in [0, 0.1) is 12.3 Å². The van der Waals surface area contributed by atoms with Gasteiger partial charge in [0.1, 0.15) is 6.61 Å². The molecule has 2 aliphatic heterocycles. The van der Waals surface area contributed by atoms with E-state index >= 15 is 0 Å². The second-order valence-corrected chi connectivity index (χ2v) is 8.90. The topological polar surface area (TPSA) is 74.3 Å². The van der Waals surface area contributed by atoms with Crippen LogP contribution in [0.3, 0.4) is 0 Å². The molecule has 1 saturated heterocycles. The van der Waals surface area contributed by atoms with Crippen molar-refractivity contribution in [2.45, 2.75) is 6.54 Å². The van der Waals surface area contributed by atoms with Crippen molar-refractivity contribution in [3.05, 3.63) is 49.8 Å². The van der Waals surface area contributed by atoms with Crippen LogP contribution in [0.5, 0.6) is 23.0 Å². The van der Waals surface area contributed by atoms with Gasteiger partial charge in [0, 0.05) is 21.1 Å². The molecular weight excluding hydrogens is 522 g/mol. The van der Waals surface area contributed by atoms with E-state index in [1.165, 1.54) is 7.11 Å². The smallest absolute Gasteiger partial charge is 0.293 e. The van der Waals surface area contributed by atoms with E-state index in [0.717, 1.165) is 16.7 Å². The standard InChI is InChI=1S/C22H15BrClNO6S/c1-3-4-29-20-12(5-14(23)8-18(20)28-2)7-19-21(26)25(22(27)32-19)10-13-6-16-17(9-15(13)24)31-11-30-16/h1,5-9H,4,10-11H2,2H3/b19-7-. The quantitative estimate of drug-likeness (QED) is 0.376. The van der Waals surface area contributed by atoms with Gasteiger partial charge in [-0.25, -0.2) is 0 Å². The van der Waals surface area contributed by atoms with Crippen LogP contribution in [0.15, 0.2) is 33.6 Å². The van der Waals surface area contributed by atoms with Crippen molar-refractivity contribution >= 4 is 56.5 Å². The van der Waals surface area contributed by atoms with E-state index in [2.05, 4.69) is 21.9 Å². The second kappa shape index (κ2) is 9.36. The number of halogens is 2. The molecule has 0 aromatic heterocycles. The van der Waals surface area contributed by atoms with Gasteiger partial charge in [-0.3, -0.25) is 14.5 Å². The molecule has 4 rings (SSSR count). The third-order valence-corrected chi connectivity index (χ3v) is 6.32. The summed E-state index contributed by atoms with van der Waals surface area (Å²) >= 11 is 10.5. The first-order chi connectivity index (χ1) is 15.4. The Hall–Kier alpha value is -2.80. The van der Waals surface area contributed by atoms with Crippen LogP contribution in [0.1, 0.15) is 11.1 Å². The lowest BCUT2D eigenvalue weighted by molar-refractivity contribution is -0.123. The molecule has 0 atom stereocenters. The lowest BCUT2D eigenvalue weighted by atomic mass is 10.1. The normalized spacial score (nSPS) is 15.9. The highest BCUT2D eigenvalue weighted by Crippen LogP contribution is 2.41. The molecule has 7 nitrogen and oxygen atoms in total. The Balaban J connectivity index is 1.64. The van der Waals surface area contributed by atoms with Crippen molar-refractivity contribution in [3.8, 4) is 35.3 Å². The first-order valence-electron chi connectivity index (χ1n) is 9.18. The van der Waals surface area contributed by atoms with Gasteiger partial charge in [0.25, 0.3) is 11.1 Å². The van der Waals surface area contributed by atoms with Crippen LogP contribution in [0.25, 0.3) is 6.08 Å². The van der Waals surface area contributed by atoms with E-state index in [-0.39, 0.29) is 24.8 Å². The maximum absolute atomic E-state index is 13.0. The molecule has 2 aliphatic rings. The average Bonchev–Trinajstić information content (AvgIpc) is 3.31. The monoisotopic (exact) mass is 535 g/mol. The number of fused-ring (bicyclic) bond motifs is 1. The van der Waals surface area contributed by atoms with Gasteiger partial charge >= 0.3 is 0 Å². The summed E-state index contributed by atoms with van der Waals surface area (Å²) in [4.78, 5) is 27.0. The zero-order valence-electron chi connectivity index (χ0n) is 16.6. The molecule has 32 heavy (non-hydrogen) atoms. The molecule has 2 aromatic carbocycles. The maximum atomic E-state index is 13.0. The van der Waals surface area contributed by atoms with E-state index in [1.54, 1.807) is 30.3 Å². The number of carbonyl (C=O) groups is 2. The summed E-state index contributed by atoms with van der Waals surface area (Å²) in [7, 11) is 1.50. The number of nitrogens with zero attached hydrogens (tertiary/aromatic N) is 1. The summed E-state index contributed by atoms with van der Waals surface area (Å²) in [5, 5.41) is -0.0398. The molecule has 10 heteroatoms. The number of benzene rings is 2. The van der Waals surface area contributed by atoms with Gasteiger partial charge in [0.2, 0.25) is 6.79 Å². The Morgan fingerprint density at radius 1 is 1.28 bits per heavy atom. The van der Waals surface area contributed by atoms with Crippen molar-refractivity contribution in [2.24, 2.45) is 0 Å². The highest BCUT2D eigenvalue weighted by atomic mass is 79.9. The van der Waals surface area contributed by atoms with Gasteiger partial charge in [-0.1, -0.05) is 33.5 Å². The number of terminal acetylenes is 1. The molecule has 2 amide bonds. The molecule has 0 aliphatic carbocycles. The fourth-order valence-electron chi connectivity index (χ4n) is 3.14. The van der Waals surface area contributed by atoms with Crippen LogP contribution in [0.4, 0.5) is 4.79 Å². The molecule has 0 saturated carbocycles. The summed E-state index contributed by atoms with van der Waals surface area (Å²) in [6.07, 6.45) is 6.89. The molecule has 0 N–H and O–H groups in total. The zero-order chi connectivity index (χ0) is 22.8. The number of hydrogen-bond acceptors (Lipinski definition) is 7. The number of ether oxygens (including phenoxy) is 4. The van der Waals surface area contributed by atoms with Gasteiger partial charge in [-0.2, -0.15) is 0 Å². The first kappa shape index (κ1) is 22.4. The predicted octanol–water partition coefficient (Wildman–Crippen LogP) is 5.09. The van der Waals surface area contributed by atoms with Crippen molar-refractivity contribution in [2.75, 3.05) is 20.5 Å². The van der Waals surface area contributed by atoms with Crippen LogP contribution in [-0.2, 0) is 11.3 Å². The van der Waals surface area contributed by atoms with Crippen molar-refractivity contribution < 1.29 is 28.5 Å². The van der Waals surface area contributed by atoms with Gasteiger partial charge in [0.15, 0.2) is 23.0 Å². The zero-order valence-corrected chi connectivity index (χ0v) is 19.8. The number of carbonyl (C=O) groups excluding carboxylic acids is 2. The predicted molar refractivity (Wildman–Crippen MR) is 124 cm³/mol. The third-order valence-electron chi connectivity index (χ3n) is 4.60. The van der Waals surface area contributed by atoms with E-state index in [1.807, 2.05) is 0 Å². The van der Waals surface area contributed by atoms with Gasteiger partial charge in [-0.15, -0.1) is 6.42 Å². The Kier molecular flexibility index (Phi) is 6.55. The van der Waals surface area contributed by atoms with Crippen LogP contribution < -0.4 is 18.9 Å². The Morgan fingerprint density at radius 2 is 2.03 bits per heavy atom. The summed E-state index contributed by atoms with van der Waals surface area (Å²) in [6, 6.07) is 6.74. The number of hydrogen-bond donors (Lipinski definition) is 0. The SMILES string of the molecule is C#CCOc1c(/C=C2\SC(=O)N(Cc3cc4c(cc3Cl)OCO4)C2=O)cc(Br)cc1OC. The van der Waals surface area contributed by atoms with Crippen LogP contribution >= 0.6 is 39.3 Å². The van der Waals surface area contributed by atoms with E-state index < -0.39 is 11.1 Å². The Morgan fingerprint density at radius 3 is 2.75 bits per heavy atom. The van der Waals surface area contributed by atoms with Crippen molar-refractivity contribution in [3.63, 3.8) is 0 Å². The number of thioether (sulfide) groups is 1. The van der Waals surface area contributed by atoms with Crippen molar-refractivity contribution in [1.29, 1.82) is 0 Å². The summed E-state index contributed by atoms with van der Waals surface area (Å²) in [5.41, 5.74) is 1.11. The van der Waals surface area contributed by atoms with E-state index in [9.17, 15) is 9.59 Å². The minimum atomic E-state index is -0.449. The maximum Gasteiger partial charge on any atom is 0.293 e. The fourth-order valence-corrected chi connectivity index (χ4v) is 4.64. The molecular formula is C22H15BrClNO6S. The minimum absolute atomic E-state index is 0.000262. The summed E-state index contributed by atoms with van der Waals surface area (Å²) in [5.74, 6) is 3.80. The number of methoxy groups -OCH3 is 1. The molecule has 1 fully saturated rings. The lowest BCUT2D eigenvalue weighted by Gasteiger charge is -2.14. The average molecular weight is 537 g/mol. The van der Waals surface area contributed by atoms with Gasteiger partial charge in [-0.05, 0) is 41.6 Å². The van der Waals surface area contributed by atoms with E-state index in [4.69, 9.17) is 37.0 Å². The molecule has 164 valence electrons. The molecule has 0 radical (unpaired) electrons. The molecule has 2 heterocycles. The first-order valence-corrected chi connectivity index (χ1v) is 11.2. The number of rotatable bonds is 6. The Labute approximate surface area is 201 Å². The minimum Gasteiger partial charge on any atom is -0.493 e. The number of amides is 2. The fraction of sp³-hybridized carbons (Fsp3) is 0.182. The number of imide groups is 1. The van der Waals surface area contributed by atoms with Crippen LogP contribution in [-0.4, -0.2) is 36.6 Å².